The molecule has 1 rings (SSSR count). The SMILES string of the molecule is C#CCCCNC(=O)c1cc(S)ccc1Br. The summed E-state index contributed by atoms with van der Waals surface area (Å²) in [7, 11) is 0. The Labute approximate surface area is 109 Å². The van der Waals surface area contributed by atoms with E-state index in [0.29, 0.717) is 18.5 Å². The summed E-state index contributed by atoms with van der Waals surface area (Å²) in [4.78, 5) is 12.5. The van der Waals surface area contributed by atoms with E-state index >= 15 is 0 Å². The number of carbonyl (C=O) groups excluding carboxylic acids is 1. The van der Waals surface area contributed by atoms with Gasteiger partial charge in [-0.2, -0.15) is 0 Å². The van der Waals surface area contributed by atoms with E-state index in [1.807, 2.05) is 6.07 Å². The number of nitrogens with one attached hydrogen (secondary N) is 1. The number of carbonyl (C=O) groups is 1. The van der Waals surface area contributed by atoms with Crippen LogP contribution in [0.4, 0.5) is 0 Å². The third-order valence-electron chi connectivity index (χ3n) is 1.98. The second kappa shape index (κ2) is 6.62. The summed E-state index contributed by atoms with van der Waals surface area (Å²) in [5, 5.41) is 2.80. The number of benzene rings is 1. The first-order chi connectivity index (χ1) is 7.65. The van der Waals surface area contributed by atoms with Crippen molar-refractivity contribution in [3.63, 3.8) is 0 Å². The number of terminal acetylenes is 1. The van der Waals surface area contributed by atoms with Crippen LogP contribution in [0, 0.1) is 12.3 Å². The van der Waals surface area contributed by atoms with Gasteiger partial charge in [0.05, 0.1) is 5.56 Å². The second-order valence-electron chi connectivity index (χ2n) is 3.23. The van der Waals surface area contributed by atoms with Crippen LogP contribution in [0.25, 0.3) is 0 Å². The largest absolute Gasteiger partial charge is 0.352 e. The fourth-order valence-corrected chi connectivity index (χ4v) is 1.81. The van der Waals surface area contributed by atoms with Crippen LogP contribution in [0.15, 0.2) is 27.6 Å². The minimum atomic E-state index is -0.111. The predicted molar refractivity (Wildman–Crippen MR) is 71.8 cm³/mol. The van der Waals surface area contributed by atoms with Crippen LogP contribution in [0.5, 0.6) is 0 Å². The van der Waals surface area contributed by atoms with Gasteiger partial charge in [-0.15, -0.1) is 25.0 Å². The van der Waals surface area contributed by atoms with Gasteiger partial charge in [-0.05, 0) is 40.5 Å². The van der Waals surface area contributed by atoms with Crippen LogP contribution in [-0.4, -0.2) is 12.5 Å². The lowest BCUT2D eigenvalue weighted by atomic mass is 10.2. The van der Waals surface area contributed by atoms with Gasteiger partial charge in [0, 0.05) is 22.3 Å². The zero-order valence-corrected chi connectivity index (χ0v) is 11.1. The summed E-state index contributed by atoms with van der Waals surface area (Å²) in [5.41, 5.74) is 0.591. The number of unbranched alkanes of at least 4 members (excludes halogenated alkanes) is 1. The van der Waals surface area contributed by atoms with Crippen molar-refractivity contribution in [2.75, 3.05) is 6.54 Å². The molecule has 0 aliphatic heterocycles. The molecule has 0 spiro atoms. The van der Waals surface area contributed by atoms with Crippen LogP contribution >= 0.6 is 28.6 Å². The minimum absolute atomic E-state index is 0.111. The first-order valence-corrected chi connectivity index (χ1v) is 6.09. The molecule has 0 bridgehead atoms. The molecule has 4 heteroatoms. The lowest BCUT2D eigenvalue weighted by molar-refractivity contribution is 0.0952. The van der Waals surface area contributed by atoms with Gasteiger partial charge in [-0.1, -0.05) is 0 Å². The zero-order chi connectivity index (χ0) is 12.0. The van der Waals surface area contributed by atoms with Gasteiger partial charge in [0.2, 0.25) is 0 Å². The summed E-state index contributed by atoms with van der Waals surface area (Å²) in [6.45, 7) is 0.590. The Morgan fingerprint density at radius 2 is 2.31 bits per heavy atom. The Morgan fingerprint density at radius 3 is 3.00 bits per heavy atom. The highest BCUT2D eigenvalue weighted by atomic mass is 79.9. The molecule has 0 heterocycles. The van der Waals surface area contributed by atoms with Crippen molar-refractivity contribution in [2.24, 2.45) is 0 Å². The molecule has 0 saturated heterocycles. The van der Waals surface area contributed by atoms with Gasteiger partial charge < -0.3 is 5.32 Å². The van der Waals surface area contributed by atoms with E-state index < -0.39 is 0 Å². The fraction of sp³-hybridized carbons (Fsp3) is 0.250. The molecular formula is C12H12BrNOS. The van der Waals surface area contributed by atoms with Crippen LogP contribution in [0.1, 0.15) is 23.2 Å². The van der Waals surface area contributed by atoms with Crippen LogP contribution in [0.2, 0.25) is 0 Å². The number of halogens is 1. The van der Waals surface area contributed by atoms with Crippen LogP contribution in [0.3, 0.4) is 0 Å². The van der Waals surface area contributed by atoms with Gasteiger partial charge in [-0.3, -0.25) is 4.79 Å². The van der Waals surface area contributed by atoms with E-state index in [1.54, 1.807) is 12.1 Å². The summed E-state index contributed by atoms with van der Waals surface area (Å²) in [6, 6.07) is 5.35. The zero-order valence-electron chi connectivity index (χ0n) is 8.66. The maximum atomic E-state index is 11.8. The Hall–Kier alpha value is -0.920. The Morgan fingerprint density at radius 1 is 1.56 bits per heavy atom. The Bertz CT molecular complexity index is 426. The Balaban J connectivity index is 2.59. The molecule has 0 fully saturated rings. The highest BCUT2D eigenvalue weighted by Crippen LogP contribution is 2.20. The maximum absolute atomic E-state index is 11.8. The van der Waals surface area contributed by atoms with Crippen LogP contribution in [-0.2, 0) is 0 Å². The number of amides is 1. The Kier molecular flexibility index (Phi) is 5.44. The minimum Gasteiger partial charge on any atom is -0.352 e. The topological polar surface area (TPSA) is 29.1 Å². The van der Waals surface area contributed by atoms with Gasteiger partial charge in [0.25, 0.3) is 5.91 Å². The average molecular weight is 298 g/mol. The molecule has 0 aliphatic rings. The molecule has 0 unspecified atom stereocenters. The second-order valence-corrected chi connectivity index (χ2v) is 4.60. The molecule has 0 aliphatic carbocycles. The molecule has 0 atom stereocenters. The van der Waals surface area contributed by atoms with Crippen molar-refractivity contribution in [1.29, 1.82) is 0 Å². The molecule has 1 amide bonds. The normalized spacial score (nSPS) is 9.56. The lowest BCUT2D eigenvalue weighted by Gasteiger charge is -2.06. The lowest BCUT2D eigenvalue weighted by Crippen LogP contribution is -2.24. The number of hydrogen-bond donors (Lipinski definition) is 2. The van der Waals surface area contributed by atoms with Crippen molar-refractivity contribution in [3.8, 4) is 12.3 Å². The van der Waals surface area contributed by atoms with E-state index in [9.17, 15) is 4.79 Å². The van der Waals surface area contributed by atoms with E-state index in [0.717, 1.165) is 15.8 Å². The van der Waals surface area contributed by atoms with Gasteiger partial charge in [-0.25, -0.2) is 0 Å². The van der Waals surface area contributed by atoms with Crippen molar-refractivity contribution in [2.45, 2.75) is 17.7 Å². The molecule has 0 aromatic heterocycles. The monoisotopic (exact) mass is 297 g/mol. The molecular weight excluding hydrogens is 286 g/mol. The quantitative estimate of drug-likeness (QED) is 0.499. The van der Waals surface area contributed by atoms with Crippen molar-refractivity contribution >= 4 is 34.5 Å². The third-order valence-corrected chi connectivity index (χ3v) is 2.95. The van der Waals surface area contributed by atoms with Gasteiger partial charge in [0.1, 0.15) is 0 Å². The van der Waals surface area contributed by atoms with E-state index in [4.69, 9.17) is 6.42 Å². The fourth-order valence-electron chi connectivity index (χ4n) is 1.17. The van der Waals surface area contributed by atoms with Crippen LogP contribution < -0.4 is 5.32 Å². The van der Waals surface area contributed by atoms with Gasteiger partial charge >= 0.3 is 0 Å². The summed E-state index contributed by atoms with van der Waals surface area (Å²) >= 11 is 7.52. The summed E-state index contributed by atoms with van der Waals surface area (Å²) < 4.78 is 0.764. The van der Waals surface area contributed by atoms with Crippen molar-refractivity contribution in [3.05, 3.63) is 28.2 Å². The molecule has 16 heavy (non-hydrogen) atoms. The number of hydrogen-bond acceptors (Lipinski definition) is 2. The van der Waals surface area contributed by atoms with Crippen molar-refractivity contribution < 1.29 is 4.79 Å². The highest BCUT2D eigenvalue weighted by Gasteiger charge is 2.09. The third kappa shape index (κ3) is 3.92. The van der Waals surface area contributed by atoms with E-state index in [1.165, 1.54) is 0 Å². The average Bonchev–Trinajstić information content (AvgIpc) is 2.27. The predicted octanol–water partition coefficient (Wildman–Crippen LogP) is 2.88. The number of rotatable bonds is 4. The van der Waals surface area contributed by atoms with Crippen molar-refractivity contribution in [1.82, 2.24) is 5.32 Å². The van der Waals surface area contributed by atoms with E-state index in [2.05, 4.69) is 39.8 Å². The standard InChI is InChI=1S/C12H12BrNOS/c1-2-3-4-7-14-12(15)10-8-9(16)5-6-11(10)13/h1,5-6,8,16H,3-4,7H2,(H,14,15). The molecule has 0 saturated carbocycles. The molecule has 1 aromatic carbocycles. The van der Waals surface area contributed by atoms with E-state index in [-0.39, 0.29) is 5.91 Å². The first-order valence-electron chi connectivity index (χ1n) is 4.85. The summed E-state index contributed by atoms with van der Waals surface area (Å²) in [5.74, 6) is 2.42. The molecule has 1 aromatic rings. The molecule has 0 radical (unpaired) electrons. The smallest absolute Gasteiger partial charge is 0.252 e. The molecule has 2 nitrogen and oxygen atoms in total. The highest BCUT2D eigenvalue weighted by molar-refractivity contribution is 9.10. The molecule has 1 N–H and O–H groups in total. The molecule has 84 valence electrons. The maximum Gasteiger partial charge on any atom is 0.252 e. The first kappa shape index (κ1) is 13.1. The van der Waals surface area contributed by atoms with Gasteiger partial charge in [0.15, 0.2) is 0 Å². The summed E-state index contributed by atoms with van der Waals surface area (Å²) in [6.07, 6.45) is 6.59. The number of thiol groups is 1.